The van der Waals surface area contributed by atoms with Crippen molar-refractivity contribution in [3.8, 4) is 0 Å². The topological polar surface area (TPSA) is 34.0 Å². The quantitative estimate of drug-likeness (QED) is 0.845. The van der Waals surface area contributed by atoms with E-state index in [0.29, 0.717) is 0 Å². The molecule has 0 unspecified atom stereocenters. The van der Waals surface area contributed by atoms with Crippen molar-refractivity contribution in [3.05, 3.63) is 24.3 Å². The van der Waals surface area contributed by atoms with Crippen LogP contribution in [0.5, 0.6) is 0 Å². The average molecular weight is 258 g/mol. The maximum absolute atomic E-state index is 4.25. The summed E-state index contributed by atoms with van der Waals surface area (Å²) in [4.78, 5) is 2.56. The predicted molar refractivity (Wildman–Crippen MR) is 77.0 cm³/mol. The number of hydrogen-bond acceptors (Lipinski definition) is 3. The Hall–Kier alpha value is -1.42. The molecule has 0 amide bonds. The first kappa shape index (κ1) is 12.6. The summed E-state index contributed by atoms with van der Waals surface area (Å²) in [5, 5.41) is 8.45. The monoisotopic (exact) mass is 258 g/mol. The highest BCUT2D eigenvalue weighted by molar-refractivity contribution is 5.73. The molecule has 0 aliphatic carbocycles. The van der Waals surface area contributed by atoms with Gasteiger partial charge in [-0.15, -0.1) is 5.10 Å². The van der Waals surface area contributed by atoms with Crippen molar-refractivity contribution in [2.24, 2.45) is 5.92 Å². The van der Waals surface area contributed by atoms with Crippen LogP contribution >= 0.6 is 0 Å². The first-order valence-corrected chi connectivity index (χ1v) is 7.37. The van der Waals surface area contributed by atoms with Gasteiger partial charge in [0.1, 0.15) is 5.52 Å². The van der Waals surface area contributed by atoms with Gasteiger partial charge in [-0.25, -0.2) is 4.68 Å². The van der Waals surface area contributed by atoms with E-state index < -0.39 is 0 Å². The van der Waals surface area contributed by atoms with E-state index in [2.05, 4.69) is 34.3 Å². The molecule has 0 N–H and O–H groups in total. The van der Waals surface area contributed by atoms with Crippen LogP contribution in [0.15, 0.2) is 24.3 Å². The normalized spacial score (nSPS) is 18.2. The molecule has 1 aromatic heterocycles. The van der Waals surface area contributed by atoms with Crippen molar-refractivity contribution < 1.29 is 0 Å². The molecule has 0 bridgehead atoms. The highest BCUT2D eigenvalue weighted by Crippen LogP contribution is 2.19. The first-order valence-electron chi connectivity index (χ1n) is 7.37. The molecule has 0 spiro atoms. The largest absolute Gasteiger partial charge is 0.301 e. The Kier molecular flexibility index (Phi) is 3.78. The van der Waals surface area contributed by atoms with Crippen LogP contribution in [0.3, 0.4) is 0 Å². The molecule has 4 heteroatoms. The maximum atomic E-state index is 4.25. The molecule has 2 heterocycles. The van der Waals surface area contributed by atoms with Crippen molar-refractivity contribution in [1.82, 2.24) is 19.9 Å². The lowest BCUT2D eigenvalue weighted by atomic mass is 9.94. The second-order valence-electron chi connectivity index (χ2n) is 5.49. The average Bonchev–Trinajstić information content (AvgIpc) is 2.89. The van der Waals surface area contributed by atoms with Gasteiger partial charge < -0.3 is 4.90 Å². The van der Waals surface area contributed by atoms with Gasteiger partial charge in [0.2, 0.25) is 0 Å². The number of piperidine rings is 1. The van der Waals surface area contributed by atoms with E-state index in [1.165, 1.54) is 32.4 Å². The van der Waals surface area contributed by atoms with Gasteiger partial charge in [-0.3, -0.25) is 0 Å². The van der Waals surface area contributed by atoms with Crippen molar-refractivity contribution in [3.63, 3.8) is 0 Å². The molecule has 1 saturated heterocycles. The summed E-state index contributed by atoms with van der Waals surface area (Å²) in [6.07, 6.45) is 4.05. The Balaban J connectivity index is 1.58. The number of rotatable bonds is 4. The van der Waals surface area contributed by atoms with E-state index in [-0.39, 0.29) is 0 Å². The molecule has 0 radical (unpaired) electrons. The van der Waals surface area contributed by atoms with Gasteiger partial charge in [-0.05, 0) is 44.0 Å². The minimum Gasteiger partial charge on any atom is -0.301 e. The van der Waals surface area contributed by atoms with E-state index >= 15 is 0 Å². The zero-order valence-electron chi connectivity index (χ0n) is 11.6. The third-order valence-corrected chi connectivity index (χ3v) is 4.33. The standard InChI is InChI=1S/C15H22N4/c1-2-13-7-9-18(10-8-13)11-12-19-15-6-4-3-5-14(15)16-17-19/h3-6,13H,2,7-12H2,1H3. The first-order chi connectivity index (χ1) is 9.36. The van der Waals surface area contributed by atoms with Gasteiger partial charge >= 0.3 is 0 Å². The van der Waals surface area contributed by atoms with Crippen LogP contribution in [-0.2, 0) is 6.54 Å². The minimum absolute atomic E-state index is 0.942. The van der Waals surface area contributed by atoms with E-state index in [1.54, 1.807) is 0 Å². The smallest absolute Gasteiger partial charge is 0.113 e. The van der Waals surface area contributed by atoms with Crippen molar-refractivity contribution in [2.75, 3.05) is 19.6 Å². The van der Waals surface area contributed by atoms with Crippen LogP contribution in [-0.4, -0.2) is 39.5 Å². The number of fused-ring (bicyclic) bond motifs is 1. The fourth-order valence-electron chi connectivity index (χ4n) is 2.94. The summed E-state index contributed by atoms with van der Waals surface area (Å²) in [5.74, 6) is 0.948. The van der Waals surface area contributed by atoms with E-state index in [0.717, 1.165) is 30.0 Å². The number of para-hydroxylation sites is 1. The number of nitrogens with zero attached hydrogens (tertiary/aromatic N) is 4. The molecule has 4 nitrogen and oxygen atoms in total. The van der Waals surface area contributed by atoms with Crippen LogP contribution in [0.1, 0.15) is 26.2 Å². The maximum Gasteiger partial charge on any atom is 0.113 e. The number of benzene rings is 1. The molecular weight excluding hydrogens is 236 g/mol. The van der Waals surface area contributed by atoms with Gasteiger partial charge in [0, 0.05) is 6.54 Å². The highest BCUT2D eigenvalue weighted by Gasteiger charge is 2.17. The molecule has 0 saturated carbocycles. The summed E-state index contributed by atoms with van der Waals surface area (Å²) in [7, 11) is 0. The Morgan fingerprint density at radius 2 is 1.95 bits per heavy atom. The van der Waals surface area contributed by atoms with Gasteiger partial charge in [-0.1, -0.05) is 30.7 Å². The van der Waals surface area contributed by atoms with Crippen LogP contribution in [0.4, 0.5) is 0 Å². The van der Waals surface area contributed by atoms with Crippen LogP contribution in [0.2, 0.25) is 0 Å². The highest BCUT2D eigenvalue weighted by atomic mass is 15.4. The number of likely N-dealkylation sites (tertiary alicyclic amines) is 1. The second-order valence-corrected chi connectivity index (χ2v) is 5.49. The van der Waals surface area contributed by atoms with Crippen LogP contribution in [0, 0.1) is 5.92 Å². The van der Waals surface area contributed by atoms with Crippen molar-refractivity contribution >= 4 is 11.0 Å². The molecule has 2 aromatic rings. The summed E-state index contributed by atoms with van der Waals surface area (Å²) in [6, 6.07) is 8.18. The van der Waals surface area contributed by atoms with Gasteiger partial charge in [0.15, 0.2) is 0 Å². The van der Waals surface area contributed by atoms with E-state index in [1.807, 2.05) is 16.8 Å². The molecule has 0 atom stereocenters. The Labute approximate surface area is 114 Å². The zero-order valence-corrected chi connectivity index (χ0v) is 11.6. The fourth-order valence-corrected chi connectivity index (χ4v) is 2.94. The summed E-state index contributed by atoms with van der Waals surface area (Å²) < 4.78 is 2.03. The van der Waals surface area contributed by atoms with Crippen LogP contribution < -0.4 is 0 Å². The van der Waals surface area contributed by atoms with Gasteiger partial charge in [-0.2, -0.15) is 0 Å². The molecule has 19 heavy (non-hydrogen) atoms. The summed E-state index contributed by atoms with van der Waals surface area (Å²) in [6.45, 7) is 6.82. The van der Waals surface area contributed by atoms with Gasteiger partial charge in [0.25, 0.3) is 0 Å². The minimum atomic E-state index is 0.942. The molecule has 102 valence electrons. The SMILES string of the molecule is CCC1CCN(CCn2nnc3ccccc32)CC1. The third-order valence-electron chi connectivity index (χ3n) is 4.33. The fraction of sp³-hybridized carbons (Fsp3) is 0.600. The Bertz CT molecular complexity index is 526. The third kappa shape index (κ3) is 2.78. The summed E-state index contributed by atoms with van der Waals surface area (Å²) >= 11 is 0. The van der Waals surface area contributed by atoms with E-state index in [4.69, 9.17) is 0 Å². The van der Waals surface area contributed by atoms with E-state index in [9.17, 15) is 0 Å². The van der Waals surface area contributed by atoms with Crippen LogP contribution in [0.25, 0.3) is 11.0 Å². The molecule has 1 fully saturated rings. The zero-order chi connectivity index (χ0) is 13.1. The number of hydrogen-bond donors (Lipinski definition) is 0. The molecule has 1 aromatic carbocycles. The Morgan fingerprint density at radius 3 is 2.74 bits per heavy atom. The molecule has 1 aliphatic heterocycles. The second kappa shape index (κ2) is 5.70. The molecule has 1 aliphatic rings. The molecule has 3 rings (SSSR count). The lowest BCUT2D eigenvalue weighted by Gasteiger charge is -2.31. The molecular formula is C15H22N4. The lowest BCUT2D eigenvalue weighted by Crippen LogP contribution is -2.35. The predicted octanol–water partition coefficient (Wildman–Crippen LogP) is 2.55. The summed E-state index contributed by atoms with van der Waals surface area (Å²) in [5.41, 5.74) is 2.14. The van der Waals surface area contributed by atoms with Crippen molar-refractivity contribution in [1.29, 1.82) is 0 Å². The Morgan fingerprint density at radius 1 is 1.16 bits per heavy atom. The lowest BCUT2D eigenvalue weighted by molar-refractivity contribution is 0.175. The number of aromatic nitrogens is 3. The van der Waals surface area contributed by atoms with Gasteiger partial charge in [0.05, 0.1) is 12.1 Å². The van der Waals surface area contributed by atoms with Crippen molar-refractivity contribution in [2.45, 2.75) is 32.7 Å².